The summed E-state index contributed by atoms with van der Waals surface area (Å²) in [6.45, 7) is 1.12. The first-order chi connectivity index (χ1) is 6.62. The second-order valence-corrected chi connectivity index (χ2v) is 3.41. The average Bonchev–Trinajstić information content (AvgIpc) is 1.99. The third kappa shape index (κ3) is 2.76. The van der Waals surface area contributed by atoms with Gasteiger partial charge in [-0.2, -0.15) is 26.3 Å². The van der Waals surface area contributed by atoms with Gasteiger partial charge in [-0.1, -0.05) is 25.2 Å². The summed E-state index contributed by atoms with van der Waals surface area (Å²) >= 11 is 0. The molecule has 0 spiro atoms. The monoisotopic (exact) mass is 230 g/mol. The van der Waals surface area contributed by atoms with Crippen molar-refractivity contribution in [2.45, 2.75) is 19.3 Å². The molecule has 0 saturated heterocycles. The molecular formula is C9H8F6. The molecular weight excluding hydrogens is 222 g/mol. The van der Waals surface area contributed by atoms with Gasteiger partial charge in [0.05, 0.1) is 11.5 Å². The fraction of sp³-hybridized carbons (Fsp3) is 0.556. The largest absolute Gasteiger partial charge is 0.416 e. The minimum atomic E-state index is -4.58. The topological polar surface area (TPSA) is 0 Å². The summed E-state index contributed by atoms with van der Waals surface area (Å²) in [6.07, 6.45) is -7.42. The molecule has 1 rings (SSSR count). The molecule has 0 aromatic rings. The maximum atomic E-state index is 12.3. The van der Waals surface area contributed by atoms with Crippen LogP contribution < -0.4 is 0 Å². The Morgan fingerprint density at radius 3 is 1.93 bits per heavy atom. The number of allylic oxidation sites excluding steroid dienone is 4. The average molecular weight is 230 g/mol. The van der Waals surface area contributed by atoms with E-state index in [9.17, 15) is 26.3 Å². The van der Waals surface area contributed by atoms with Gasteiger partial charge in [0.15, 0.2) is 0 Å². The molecule has 0 amide bonds. The quantitative estimate of drug-likeness (QED) is 0.554. The fourth-order valence-electron chi connectivity index (χ4n) is 1.42. The van der Waals surface area contributed by atoms with E-state index in [0.717, 1.165) is 6.92 Å². The van der Waals surface area contributed by atoms with Crippen molar-refractivity contribution in [1.82, 2.24) is 0 Å². The molecule has 0 radical (unpaired) electrons. The van der Waals surface area contributed by atoms with Gasteiger partial charge in [-0.15, -0.1) is 0 Å². The lowest BCUT2D eigenvalue weighted by Gasteiger charge is -2.25. The summed E-state index contributed by atoms with van der Waals surface area (Å²) in [5, 5.41) is 0. The number of hydrogen-bond donors (Lipinski definition) is 0. The van der Waals surface area contributed by atoms with E-state index in [1.165, 1.54) is 0 Å². The van der Waals surface area contributed by atoms with E-state index in [4.69, 9.17) is 0 Å². The first-order valence-corrected chi connectivity index (χ1v) is 4.16. The van der Waals surface area contributed by atoms with Crippen molar-refractivity contribution in [2.24, 2.45) is 11.8 Å². The van der Waals surface area contributed by atoms with Gasteiger partial charge in [0.1, 0.15) is 0 Å². The van der Waals surface area contributed by atoms with Crippen LogP contribution in [0.5, 0.6) is 0 Å². The second-order valence-electron chi connectivity index (χ2n) is 3.41. The zero-order chi connectivity index (χ0) is 11.9. The Labute approximate surface area is 82.3 Å². The fourth-order valence-corrected chi connectivity index (χ4v) is 1.42. The molecule has 86 valence electrons. The molecule has 0 saturated carbocycles. The van der Waals surface area contributed by atoms with E-state index in [1.807, 2.05) is 0 Å². The Bertz CT molecular complexity index is 293. The number of halogens is 6. The Morgan fingerprint density at radius 2 is 1.60 bits per heavy atom. The van der Waals surface area contributed by atoms with Crippen LogP contribution in [0, 0.1) is 11.8 Å². The Morgan fingerprint density at radius 1 is 1.07 bits per heavy atom. The highest BCUT2D eigenvalue weighted by atomic mass is 19.4. The van der Waals surface area contributed by atoms with Gasteiger partial charge in [-0.05, 0) is 5.92 Å². The third-order valence-electron chi connectivity index (χ3n) is 2.20. The van der Waals surface area contributed by atoms with Crippen molar-refractivity contribution in [3.63, 3.8) is 0 Å². The summed E-state index contributed by atoms with van der Waals surface area (Å²) in [4.78, 5) is 0. The lowest BCUT2D eigenvalue weighted by molar-refractivity contribution is -0.170. The number of hydrogen-bond acceptors (Lipinski definition) is 0. The molecule has 0 N–H and O–H groups in total. The molecule has 0 aliphatic heterocycles. The van der Waals surface area contributed by atoms with Gasteiger partial charge in [0.25, 0.3) is 0 Å². The summed E-state index contributed by atoms with van der Waals surface area (Å²) in [6, 6.07) is 0. The standard InChI is InChI=1S/C9H8F6/c1-5-4-6(8(10,11)12)2-3-7(5)9(13,14)15/h2-5,7H,1H3/t5-,7?/m0/s1. The predicted molar refractivity (Wildman–Crippen MR) is 42.0 cm³/mol. The van der Waals surface area contributed by atoms with Crippen LogP contribution in [-0.4, -0.2) is 12.4 Å². The van der Waals surface area contributed by atoms with Gasteiger partial charge in [-0.3, -0.25) is 0 Å². The van der Waals surface area contributed by atoms with Crippen molar-refractivity contribution in [1.29, 1.82) is 0 Å². The first kappa shape index (κ1) is 12.1. The van der Waals surface area contributed by atoms with Crippen LogP contribution in [0.3, 0.4) is 0 Å². The summed E-state index contributed by atoms with van der Waals surface area (Å²) in [5.41, 5.74) is -1.02. The number of alkyl halides is 6. The van der Waals surface area contributed by atoms with E-state index in [0.29, 0.717) is 18.2 Å². The van der Waals surface area contributed by atoms with Crippen LogP contribution in [0.25, 0.3) is 0 Å². The van der Waals surface area contributed by atoms with Crippen molar-refractivity contribution in [3.8, 4) is 0 Å². The molecule has 1 unspecified atom stereocenters. The van der Waals surface area contributed by atoms with Gasteiger partial charge in [-0.25, -0.2) is 0 Å². The van der Waals surface area contributed by atoms with Crippen molar-refractivity contribution < 1.29 is 26.3 Å². The first-order valence-electron chi connectivity index (χ1n) is 4.16. The predicted octanol–water partition coefficient (Wildman–Crippen LogP) is 3.86. The zero-order valence-electron chi connectivity index (χ0n) is 7.65. The van der Waals surface area contributed by atoms with Crippen molar-refractivity contribution in [3.05, 3.63) is 23.8 Å². The maximum Gasteiger partial charge on any atom is 0.416 e. The van der Waals surface area contributed by atoms with Gasteiger partial charge in [0.2, 0.25) is 0 Å². The SMILES string of the molecule is C[C@H]1C=C(C(F)(F)F)C=CC1C(F)(F)F. The van der Waals surface area contributed by atoms with E-state index < -0.39 is 29.8 Å². The molecule has 1 aliphatic rings. The molecule has 0 aromatic heterocycles. The molecule has 1 aliphatic carbocycles. The maximum absolute atomic E-state index is 12.3. The molecule has 0 aromatic carbocycles. The van der Waals surface area contributed by atoms with Crippen molar-refractivity contribution in [2.75, 3.05) is 0 Å². The van der Waals surface area contributed by atoms with E-state index in [2.05, 4.69) is 0 Å². The smallest absolute Gasteiger partial charge is 0.170 e. The highest BCUT2D eigenvalue weighted by Gasteiger charge is 2.44. The van der Waals surface area contributed by atoms with E-state index >= 15 is 0 Å². The third-order valence-corrected chi connectivity index (χ3v) is 2.20. The molecule has 2 atom stereocenters. The summed E-state index contributed by atoms with van der Waals surface area (Å²) in [7, 11) is 0. The highest BCUT2D eigenvalue weighted by molar-refractivity contribution is 5.29. The Kier molecular flexibility index (Phi) is 2.89. The van der Waals surface area contributed by atoms with Crippen LogP contribution in [0.2, 0.25) is 0 Å². The summed E-state index contributed by atoms with van der Waals surface area (Å²) in [5.74, 6) is -3.02. The Balaban J connectivity index is 2.90. The number of rotatable bonds is 0. The molecule has 0 nitrogen and oxygen atoms in total. The normalized spacial score (nSPS) is 27.8. The molecule has 15 heavy (non-hydrogen) atoms. The Hall–Kier alpha value is -0.940. The van der Waals surface area contributed by atoms with E-state index in [1.54, 1.807) is 0 Å². The lowest BCUT2D eigenvalue weighted by atomic mass is 9.86. The zero-order valence-corrected chi connectivity index (χ0v) is 7.65. The second kappa shape index (κ2) is 3.57. The molecule has 0 heterocycles. The van der Waals surface area contributed by atoms with Crippen LogP contribution in [0.1, 0.15) is 6.92 Å². The minimum Gasteiger partial charge on any atom is -0.170 e. The van der Waals surface area contributed by atoms with Gasteiger partial charge < -0.3 is 0 Å². The van der Waals surface area contributed by atoms with E-state index in [-0.39, 0.29) is 0 Å². The summed E-state index contributed by atoms with van der Waals surface area (Å²) < 4.78 is 73.2. The molecule has 0 fully saturated rings. The van der Waals surface area contributed by atoms with Crippen molar-refractivity contribution >= 4 is 0 Å². The van der Waals surface area contributed by atoms with Crippen LogP contribution in [0.4, 0.5) is 26.3 Å². The van der Waals surface area contributed by atoms with Gasteiger partial charge in [0, 0.05) is 0 Å². The molecule has 6 heteroatoms. The van der Waals surface area contributed by atoms with Crippen LogP contribution >= 0.6 is 0 Å². The minimum absolute atomic E-state index is 0.484. The van der Waals surface area contributed by atoms with Crippen LogP contribution in [-0.2, 0) is 0 Å². The molecule has 0 bridgehead atoms. The highest BCUT2D eigenvalue weighted by Crippen LogP contribution is 2.40. The lowest BCUT2D eigenvalue weighted by Crippen LogP contribution is -2.29. The van der Waals surface area contributed by atoms with Gasteiger partial charge >= 0.3 is 12.4 Å². The van der Waals surface area contributed by atoms with Crippen LogP contribution in [0.15, 0.2) is 23.8 Å².